The number of nitrogens with zero attached hydrogens (tertiary/aromatic N) is 3. The summed E-state index contributed by atoms with van der Waals surface area (Å²) in [5.74, 6) is 1.85. The maximum atomic E-state index is 11.9. The molecule has 7 nitrogen and oxygen atoms in total. The van der Waals surface area contributed by atoms with Crippen molar-refractivity contribution in [3.8, 4) is 17.2 Å². The Hall–Kier alpha value is -3.22. The standard InChI is InChI=1S/C24H27N3O4/c1-3-30-22-9-5-8-19-21-15-20(17-6-4-7-18(29)14-17)25-27(21)24(31-23(19)22)10-12-26(13-11-24)16(2)28/h4-9,14,21,29H,3,10-13,15H2,1-2H3/t21-/m1/s1. The third-order valence-corrected chi connectivity index (χ3v) is 6.46. The molecule has 0 aliphatic carbocycles. The first-order chi connectivity index (χ1) is 15.0. The van der Waals surface area contributed by atoms with Gasteiger partial charge in [0.15, 0.2) is 11.5 Å². The van der Waals surface area contributed by atoms with Crippen LogP contribution in [0.5, 0.6) is 17.2 Å². The van der Waals surface area contributed by atoms with Crippen LogP contribution in [0.2, 0.25) is 0 Å². The molecule has 0 aromatic heterocycles. The molecule has 3 aliphatic rings. The largest absolute Gasteiger partial charge is 0.508 e. The molecule has 1 saturated heterocycles. The molecular formula is C24H27N3O4. The topological polar surface area (TPSA) is 74.6 Å². The van der Waals surface area contributed by atoms with Crippen molar-refractivity contribution < 1.29 is 19.4 Å². The second-order valence-electron chi connectivity index (χ2n) is 8.32. The number of hydrazone groups is 1. The summed E-state index contributed by atoms with van der Waals surface area (Å²) in [6.07, 6.45) is 2.05. The van der Waals surface area contributed by atoms with E-state index in [1.165, 1.54) is 0 Å². The van der Waals surface area contributed by atoms with Gasteiger partial charge in [-0.1, -0.05) is 24.3 Å². The summed E-state index contributed by atoms with van der Waals surface area (Å²) < 4.78 is 12.6. The molecule has 2 aromatic carbocycles. The Kier molecular flexibility index (Phi) is 4.76. The molecule has 0 unspecified atom stereocenters. The number of fused-ring (bicyclic) bond motifs is 4. The van der Waals surface area contributed by atoms with Gasteiger partial charge in [-0.3, -0.25) is 4.79 Å². The highest BCUT2D eigenvalue weighted by Gasteiger charge is 2.52. The van der Waals surface area contributed by atoms with Gasteiger partial charge in [-0.05, 0) is 25.1 Å². The summed E-state index contributed by atoms with van der Waals surface area (Å²) in [6, 6.07) is 13.3. The SMILES string of the molecule is CCOc1cccc2c1OC1(CCN(C(C)=O)CC1)N1N=C(c3cccc(O)c3)C[C@H]21. The van der Waals surface area contributed by atoms with Crippen LogP contribution in [-0.2, 0) is 4.79 Å². The number of phenolic OH excluding ortho intramolecular Hbond substituents is 1. The van der Waals surface area contributed by atoms with Crippen molar-refractivity contribution in [3.63, 3.8) is 0 Å². The summed E-state index contributed by atoms with van der Waals surface area (Å²) in [4.78, 5) is 13.8. The van der Waals surface area contributed by atoms with Gasteiger partial charge in [0.1, 0.15) is 5.75 Å². The van der Waals surface area contributed by atoms with Crippen LogP contribution in [0.15, 0.2) is 47.6 Å². The lowest BCUT2D eigenvalue weighted by Gasteiger charge is -2.51. The molecule has 2 aromatic rings. The van der Waals surface area contributed by atoms with Crippen LogP contribution in [0.25, 0.3) is 0 Å². The molecule has 1 spiro atoms. The summed E-state index contributed by atoms with van der Waals surface area (Å²) >= 11 is 0. The molecule has 7 heteroatoms. The van der Waals surface area contributed by atoms with Crippen LogP contribution < -0.4 is 9.47 Å². The number of para-hydroxylation sites is 1. The first kappa shape index (κ1) is 19.7. The number of hydrogen-bond donors (Lipinski definition) is 1. The van der Waals surface area contributed by atoms with E-state index in [1.54, 1.807) is 19.1 Å². The lowest BCUT2D eigenvalue weighted by atomic mass is 9.90. The zero-order valence-electron chi connectivity index (χ0n) is 17.9. The van der Waals surface area contributed by atoms with Crippen LogP contribution in [0.3, 0.4) is 0 Å². The fraction of sp³-hybridized carbons (Fsp3) is 0.417. The quantitative estimate of drug-likeness (QED) is 0.819. The number of aromatic hydroxyl groups is 1. The molecule has 1 atom stereocenters. The van der Waals surface area contributed by atoms with E-state index in [-0.39, 0.29) is 17.7 Å². The molecule has 31 heavy (non-hydrogen) atoms. The fourth-order valence-electron chi connectivity index (χ4n) is 4.90. The van der Waals surface area contributed by atoms with E-state index in [2.05, 4.69) is 11.1 Å². The lowest BCUT2D eigenvalue weighted by Crippen LogP contribution is -2.59. The molecule has 1 amide bonds. The highest BCUT2D eigenvalue weighted by atomic mass is 16.6. The van der Waals surface area contributed by atoms with Gasteiger partial charge in [0.05, 0.1) is 18.4 Å². The third-order valence-electron chi connectivity index (χ3n) is 6.46. The highest BCUT2D eigenvalue weighted by Crippen LogP contribution is 2.52. The number of amides is 1. The summed E-state index contributed by atoms with van der Waals surface area (Å²) in [6.45, 7) is 5.39. The van der Waals surface area contributed by atoms with Gasteiger partial charge in [-0.2, -0.15) is 5.10 Å². The van der Waals surface area contributed by atoms with Gasteiger partial charge in [-0.25, -0.2) is 5.01 Å². The Morgan fingerprint density at radius 3 is 2.74 bits per heavy atom. The molecule has 3 heterocycles. The molecule has 1 fully saturated rings. The van der Waals surface area contributed by atoms with Crippen molar-refractivity contribution in [1.82, 2.24) is 9.91 Å². The van der Waals surface area contributed by atoms with Crippen LogP contribution in [-0.4, -0.2) is 52.1 Å². The fourth-order valence-corrected chi connectivity index (χ4v) is 4.90. The molecule has 0 saturated carbocycles. The minimum Gasteiger partial charge on any atom is -0.508 e. The number of piperidine rings is 1. The Labute approximate surface area is 181 Å². The van der Waals surface area contributed by atoms with Gasteiger partial charge in [0, 0.05) is 50.4 Å². The monoisotopic (exact) mass is 421 g/mol. The number of ether oxygens (including phenoxy) is 2. The summed E-state index contributed by atoms with van der Waals surface area (Å²) in [5.41, 5.74) is 2.26. The predicted octanol–water partition coefficient (Wildman–Crippen LogP) is 3.67. The Bertz CT molecular complexity index is 1040. The normalized spacial score (nSPS) is 21.2. The summed E-state index contributed by atoms with van der Waals surface area (Å²) in [7, 11) is 0. The number of rotatable bonds is 3. The van der Waals surface area contributed by atoms with Gasteiger partial charge >= 0.3 is 0 Å². The third kappa shape index (κ3) is 3.28. The van der Waals surface area contributed by atoms with E-state index >= 15 is 0 Å². The molecule has 0 bridgehead atoms. The van der Waals surface area contributed by atoms with E-state index in [1.807, 2.05) is 36.1 Å². The van der Waals surface area contributed by atoms with Gasteiger partial charge in [0.2, 0.25) is 11.6 Å². The zero-order valence-corrected chi connectivity index (χ0v) is 17.9. The summed E-state index contributed by atoms with van der Waals surface area (Å²) in [5, 5.41) is 17.1. The average Bonchev–Trinajstić information content (AvgIpc) is 3.22. The van der Waals surface area contributed by atoms with Gasteiger partial charge in [-0.15, -0.1) is 0 Å². The Balaban J connectivity index is 1.57. The lowest BCUT2D eigenvalue weighted by molar-refractivity contribution is -0.159. The number of carbonyl (C=O) groups excluding carboxylic acids is 1. The van der Waals surface area contributed by atoms with Crippen molar-refractivity contribution in [3.05, 3.63) is 53.6 Å². The zero-order chi connectivity index (χ0) is 21.6. The number of phenols is 1. The molecular weight excluding hydrogens is 394 g/mol. The highest BCUT2D eigenvalue weighted by molar-refractivity contribution is 6.02. The number of benzene rings is 2. The van der Waals surface area contributed by atoms with E-state index in [4.69, 9.17) is 14.6 Å². The Morgan fingerprint density at radius 1 is 1.26 bits per heavy atom. The van der Waals surface area contributed by atoms with Gasteiger partial charge in [0.25, 0.3) is 0 Å². The minimum absolute atomic E-state index is 0.0189. The van der Waals surface area contributed by atoms with Crippen molar-refractivity contribution in [2.45, 2.75) is 44.9 Å². The average molecular weight is 421 g/mol. The first-order valence-electron chi connectivity index (χ1n) is 10.9. The predicted molar refractivity (Wildman–Crippen MR) is 116 cm³/mol. The number of likely N-dealkylation sites (tertiary alicyclic amines) is 1. The van der Waals surface area contributed by atoms with Crippen molar-refractivity contribution in [1.29, 1.82) is 0 Å². The number of carbonyl (C=O) groups is 1. The van der Waals surface area contributed by atoms with E-state index < -0.39 is 5.72 Å². The van der Waals surface area contributed by atoms with Crippen molar-refractivity contribution >= 4 is 11.6 Å². The van der Waals surface area contributed by atoms with E-state index in [9.17, 15) is 9.90 Å². The first-order valence-corrected chi connectivity index (χ1v) is 10.9. The van der Waals surface area contributed by atoms with Crippen molar-refractivity contribution in [2.24, 2.45) is 5.10 Å². The molecule has 0 radical (unpaired) electrons. The van der Waals surface area contributed by atoms with Gasteiger partial charge < -0.3 is 19.5 Å². The van der Waals surface area contributed by atoms with Crippen LogP contribution >= 0.6 is 0 Å². The van der Waals surface area contributed by atoms with Crippen LogP contribution in [0, 0.1) is 0 Å². The molecule has 3 aliphatic heterocycles. The molecule has 5 rings (SSSR count). The van der Waals surface area contributed by atoms with E-state index in [0.717, 1.165) is 28.3 Å². The van der Waals surface area contributed by atoms with E-state index in [0.29, 0.717) is 39.0 Å². The molecule has 162 valence electrons. The molecule has 1 N–H and O–H groups in total. The van der Waals surface area contributed by atoms with Crippen LogP contribution in [0.1, 0.15) is 50.3 Å². The number of hydrogen-bond acceptors (Lipinski definition) is 6. The van der Waals surface area contributed by atoms with Crippen LogP contribution in [0.4, 0.5) is 0 Å². The van der Waals surface area contributed by atoms with Crippen molar-refractivity contribution in [2.75, 3.05) is 19.7 Å². The maximum Gasteiger partial charge on any atom is 0.219 e. The minimum atomic E-state index is -0.630. The Morgan fingerprint density at radius 2 is 2.03 bits per heavy atom. The second kappa shape index (κ2) is 7.48. The second-order valence-corrected chi connectivity index (χ2v) is 8.32. The smallest absolute Gasteiger partial charge is 0.219 e. The maximum absolute atomic E-state index is 11.9.